The third kappa shape index (κ3) is 2.83. The molecule has 0 saturated carbocycles. The zero-order valence-electron chi connectivity index (χ0n) is 10.6. The molecule has 0 atom stereocenters. The molecule has 0 bridgehead atoms. The van der Waals surface area contributed by atoms with Crippen LogP contribution in [-0.4, -0.2) is 8.42 Å². The SMILES string of the molecule is Cc1ccc(S(=O)(=O)c2ccc(C)cc2S)c(S)c1. The summed E-state index contributed by atoms with van der Waals surface area (Å²) in [6.07, 6.45) is 0. The Hall–Kier alpha value is -0.910. The van der Waals surface area contributed by atoms with Crippen molar-refractivity contribution in [1.29, 1.82) is 0 Å². The molecule has 2 nitrogen and oxygen atoms in total. The van der Waals surface area contributed by atoms with E-state index >= 15 is 0 Å². The summed E-state index contributed by atoms with van der Waals surface area (Å²) in [5.74, 6) is 0. The Morgan fingerprint density at radius 2 is 1.16 bits per heavy atom. The van der Waals surface area contributed by atoms with E-state index in [0.717, 1.165) is 11.1 Å². The van der Waals surface area contributed by atoms with E-state index in [1.54, 1.807) is 36.4 Å². The molecule has 0 fully saturated rings. The van der Waals surface area contributed by atoms with E-state index in [1.807, 2.05) is 13.8 Å². The van der Waals surface area contributed by atoms with Crippen LogP contribution in [0.15, 0.2) is 56.0 Å². The molecule has 2 aromatic rings. The van der Waals surface area contributed by atoms with Gasteiger partial charge in [0.15, 0.2) is 0 Å². The fourth-order valence-electron chi connectivity index (χ4n) is 1.83. The van der Waals surface area contributed by atoms with Crippen LogP contribution in [0.5, 0.6) is 0 Å². The summed E-state index contributed by atoms with van der Waals surface area (Å²) in [5, 5.41) is 0. The fourth-order valence-corrected chi connectivity index (χ4v) is 4.50. The number of hydrogen-bond acceptors (Lipinski definition) is 4. The lowest BCUT2D eigenvalue weighted by Crippen LogP contribution is -2.04. The lowest BCUT2D eigenvalue weighted by atomic mass is 10.2. The topological polar surface area (TPSA) is 34.1 Å². The number of sulfone groups is 1. The van der Waals surface area contributed by atoms with Crippen molar-refractivity contribution in [3.05, 3.63) is 47.5 Å². The van der Waals surface area contributed by atoms with Gasteiger partial charge in [-0.15, -0.1) is 25.3 Å². The zero-order chi connectivity index (χ0) is 14.2. The zero-order valence-corrected chi connectivity index (χ0v) is 13.2. The van der Waals surface area contributed by atoms with Crippen molar-refractivity contribution < 1.29 is 8.42 Å². The minimum atomic E-state index is -3.59. The highest BCUT2D eigenvalue weighted by molar-refractivity contribution is 7.93. The van der Waals surface area contributed by atoms with Crippen molar-refractivity contribution >= 4 is 35.1 Å². The van der Waals surface area contributed by atoms with Gasteiger partial charge in [-0.1, -0.05) is 12.1 Å². The molecule has 0 aliphatic rings. The minimum Gasteiger partial charge on any atom is -0.218 e. The normalized spacial score (nSPS) is 11.6. The molecule has 2 rings (SSSR count). The molecule has 0 saturated heterocycles. The Balaban J connectivity index is 2.65. The molecule has 2 aromatic carbocycles. The van der Waals surface area contributed by atoms with Gasteiger partial charge in [0.2, 0.25) is 9.84 Å². The molecule has 0 aliphatic carbocycles. The van der Waals surface area contributed by atoms with E-state index in [9.17, 15) is 8.42 Å². The Morgan fingerprint density at radius 3 is 1.47 bits per heavy atom. The third-order valence-corrected chi connectivity index (χ3v) is 5.72. The quantitative estimate of drug-likeness (QED) is 0.829. The minimum absolute atomic E-state index is 0.209. The van der Waals surface area contributed by atoms with Crippen molar-refractivity contribution in [2.24, 2.45) is 0 Å². The van der Waals surface area contributed by atoms with Crippen molar-refractivity contribution in [2.75, 3.05) is 0 Å². The second-order valence-corrected chi connectivity index (χ2v) is 7.30. The first-order valence-corrected chi connectivity index (χ1v) is 8.04. The Labute approximate surface area is 124 Å². The van der Waals surface area contributed by atoms with Crippen LogP contribution in [0.2, 0.25) is 0 Å². The highest BCUT2D eigenvalue weighted by atomic mass is 32.2. The summed E-state index contributed by atoms with van der Waals surface area (Å²) in [7, 11) is -3.59. The van der Waals surface area contributed by atoms with Crippen LogP contribution >= 0.6 is 25.3 Å². The molecule has 100 valence electrons. The molecule has 0 spiro atoms. The van der Waals surface area contributed by atoms with Gasteiger partial charge in [-0.25, -0.2) is 8.42 Å². The van der Waals surface area contributed by atoms with Crippen LogP contribution in [0.3, 0.4) is 0 Å². The Morgan fingerprint density at radius 1 is 0.789 bits per heavy atom. The highest BCUT2D eigenvalue weighted by Crippen LogP contribution is 2.31. The molecule has 0 amide bonds. The second-order valence-electron chi connectivity index (χ2n) is 4.45. The van der Waals surface area contributed by atoms with E-state index in [0.29, 0.717) is 9.79 Å². The van der Waals surface area contributed by atoms with Gasteiger partial charge < -0.3 is 0 Å². The molecule has 0 radical (unpaired) electrons. The van der Waals surface area contributed by atoms with Gasteiger partial charge in [0.25, 0.3) is 0 Å². The summed E-state index contributed by atoms with van der Waals surface area (Å²) < 4.78 is 25.2. The molecular formula is C14H14O2S3. The number of rotatable bonds is 2. The predicted octanol–water partition coefficient (Wildman–Crippen LogP) is 3.71. The summed E-state index contributed by atoms with van der Waals surface area (Å²) in [6, 6.07) is 10.2. The van der Waals surface area contributed by atoms with Crippen molar-refractivity contribution in [3.63, 3.8) is 0 Å². The van der Waals surface area contributed by atoms with E-state index in [2.05, 4.69) is 25.3 Å². The maximum Gasteiger partial charge on any atom is 0.208 e. The standard InChI is InChI=1S/C14H14O2S3/c1-9-3-5-13(11(17)7-9)19(15,16)14-6-4-10(2)8-12(14)18/h3-8,17-18H,1-2H3. The largest absolute Gasteiger partial charge is 0.218 e. The molecule has 5 heteroatoms. The average molecular weight is 310 g/mol. The third-order valence-electron chi connectivity index (χ3n) is 2.81. The second kappa shape index (κ2) is 5.23. The molecule has 0 unspecified atom stereocenters. The number of hydrogen-bond donors (Lipinski definition) is 2. The van der Waals surface area contributed by atoms with E-state index in [4.69, 9.17) is 0 Å². The number of thiol groups is 2. The first kappa shape index (κ1) is 14.5. The van der Waals surface area contributed by atoms with Crippen LogP contribution < -0.4 is 0 Å². The van der Waals surface area contributed by atoms with Crippen LogP contribution in [0.25, 0.3) is 0 Å². The van der Waals surface area contributed by atoms with E-state index in [1.165, 1.54) is 0 Å². The van der Waals surface area contributed by atoms with Crippen molar-refractivity contribution in [2.45, 2.75) is 33.4 Å². The number of aryl methyl sites for hydroxylation is 2. The maximum absolute atomic E-state index is 12.6. The summed E-state index contributed by atoms with van der Waals surface area (Å²) in [5.41, 5.74) is 1.94. The molecule has 19 heavy (non-hydrogen) atoms. The smallest absolute Gasteiger partial charge is 0.208 e. The van der Waals surface area contributed by atoms with Crippen molar-refractivity contribution in [3.8, 4) is 0 Å². The van der Waals surface area contributed by atoms with Gasteiger partial charge in [0.05, 0.1) is 9.79 Å². The first-order valence-electron chi connectivity index (χ1n) is 5.66. The molecule has 0 aliphatic heterocycles. The highest BCUT2D eigenvalue weighted by Gasteiger charge is 2.22. The van der Waals surface area contributed by atoms with Crippen LogP contribution in [0.1, 0.15) is 11.1 Å². The van der Waals surface area contributed by atoms with Gasteiger partial charge >= 0.3 is 0 Å². The van der Waals surface area contributed by atoms with Crippen LogP contribution in [-0.2, 0) is 9.84 Å². The number of benzene rings is 2. The van der Waals surface area contributed by atoms with Crippen LogP contribution in [0, 0.1) is 13.8 Å². The molecule has 0 aromatic heterocycles. The first-order chi connectivity index (χ1) is 8.82. The Bertz CT molecular complexity index is 677. The van der Waals surface area contributed by atoms with E-state index in [-0.39, 0.29) is 9.79 Å². The maximum atomic E-state index is 12.6. The summed E-state index contributed by atoms with van der Waals surface area (Å²) >= 11 is 8.52. The lowest BCUT2D eigenvalue weighted by molar-refractivity contribution is 0.592. The molecule has 0 N–H and O–H groups in total. The summed E-state index contributed by atoms with van der Waals surface area (Å²) in [6.45, 7) is 3.79. The fraction of sp³-hybridized carbons (Fsp3) is 0.143. The van der Waals surface area contributed by atoms with Crippen LogP contribution in [0.4, 0.5) is 0 Å². The van der Waals surface area contributed by atoms with Gasteiger partial charge in [0.1, 0.15) is 0 Å². The average Bonchev–Trinajstić information content (AvgIpc) is 2.27. The molecular weight excluding hydrogens is 296 g/mol. The van der Waals surface area contributed by atoms with Crippen molar-refractivity contribution in [1.82, 2.24) is 0 Å². The van der Waals surface area contributed by atoms with Gasteiger partial charge in [-0.3, -0.25) is 0 Å². The van der Waals surface area contributed by atoms with Gasteiger partial charge in [-0.05, 0) is 49.2 Å². The summed E-state index contributed by atoms with van der Waals surface area (Å²) in [4.78, 5) is 1.32. The Kier molecular flexibility index (Phi) is 3.99. The van der Waals surface area contributed by atoms with Gasteiger partial charge in [-0.2, -0.15) is 0 Å². The van der Waals surface area contributed by atoms with Gasteiger partial charge in [0, 0.05) is 9.79 Å². The monoisotopic (exact) mass is 310 g/mol. The lowest BCUT2D eigenvalue weighted by Gasteiger charge is -2.10. The predicted molar refractivity (Wildman–Crippen MR) is 82.3 cm³/mol. The van der Waals surface area contributed by atoms with E-state index < -0.39 is 9.84 Å². The molecule has 0 heterocycles.